The van der Waals surface area contributed by atoms with Gasteiger partial charge in [-0.1, -0.05) is 170 Å². The molecule has 0 spiro atoms. The SMILES string of the molecule is CN1C2=C(C=CC(c3ccccc3)C2)c2sc3ccccc3c2C1C1C=CC(C2=NC(C3=CC=C(c4cccc5c4sc4ccccc45)CC3)C=CC(c3ccccc3)=C2)=CC1. The molecule has 12 rings (SSSR count). The van der Waals surface area contributed by atoms with E-state index in [0.717, 1.165) is 31.4 Å². The van der Waals surface area contributed by atoms with Crippen molar-refractivity contribution >= 4 is 75.4 Å². The minimum Gasteiger partial charge on any atom is -0.370 e. The lowest BCUT2D eigenvalue weighted by atomic mass is 9.77. The average Bonchev–Trinajstić information content (AvgIpc) is 3.83. The van der Waals surface area contributed by atoms with Gasteiger partial charge >= 0.3 is 0 Å². The normalized spacial score (nSPS) is 22.2. The maximum Gasteiger partial charge on any atom is 0.0904 e. The van der Waals surface area contributed by atoms with Gasteiger partial charge in [0.05, 0.1) is 17.8 Å². The number of rotatable bonds is 6. The Morgan fingerprint density at radius 2 is 1.39 bits per heavy atom. The molecule has 62 heavy (non-hydrogen) atoms. The summed E-state index contributed by atoms with van der Waals surface area (Å²) >= 11 is 3.89. The second-order valence-electron chi connectivity index (χ2n) is 17.3. The number of hydrogen-bond acceptors (Lipinski definition) is 4. The summed E-state index contributed by atoms with van der Waals surface area (Å²) in [6, 6.07) is 46.7. The fraction of sp³-hybridized carbons (Fsp3) is 0.155. The Kier molecular flexibility index (Phi) is 9.38. The molecule has 0 bridgehead atoms. The number of fused-ring (bicyclic) bond motifs is 7. The molecular formula is C58H46N2S2. The summed E-state index contributed by atoms with van der Waals surface area (Å²) in [5.41, 5.74) is 14.6. The number of aliphatic imine (C=N–C) groups is 1. The van der Waals surface area contributed by atoms with Crippen LogP contribution in [0.15, 0.2) is 210 Å². The van der Waals surface area contributed by atoms with Gasteiger partial charge in [-0.2, -0.15) is 0 Å². The van der Waals surface area contributed by atoms with E-state index in [1.54, 1.807) is 0 Å². The second-order valence-corrected chi connectivity index (χ2v) is 19.4. The molecule has 300 valence electrons. The molecule has 4 atom stereocenters. The molecule has 3 aliphatic carbocycles. The van der Waals surface area contributed by atoms with E-state index in [-0.39, 0.29) is 12.1 Å². The standard InChI is InChI=1S/C58H46N2S2/c1-60-52-36-44(38-15-6-3-7-16-38)31-33-48(52)58-55(49-18-9-11-22-54(49)62-58)56(60)42-29-27-41(28-30-42)51-35-43(37-13-4-2-5-14-37)32-34-50(59-51)40-25-23-39(24-26-40)45-19-12-20-47-46-17-8-10-21-53(46)61-57(45)47/h2-23,25,27-29,31-35,42,44,50,56H,24,26,30,36H2,1H3. The maximum absolute atomic E-state index is 5.60. The number of benzene rings is 5. The highest BCUT2D eigenvalue weighted by molar-refractivity contribution is 7.26. The highest BCUT2D eigenvalue weighted by Gasteiger charge is 2.39. The van der Waals surface area contributed by atoms with Gasteiger partial charge in [-0.25, -0.2) is 0 Å². The molecule has 2 aromatic heterocycles. The summed E-state index contributed by atoms with van der Waals surface area (Å²) in [5, 5.41) is 4.11. The Balaban J connectivity index is 0.875. The number of nitrogens with zero attached hydrogens (tertiary/aromatic N) is 2. The Hall–Kier alpha value is -6.33. The zero-order chi connectivity index (χ0) is 41.1. The van der Waals surface area contributed by atoms with Crippen LogP contribution >= 0.6 is 22.7 Å². The van der Waals surface area contributed by atoms with E-state index >= 15 is 0 Å². The monoisotopic (exact) mass is 834 g/mol. The molecule has 0 saturated carbocycles. The third kappa shape index (κ3) is 6.47. The van der Waals surface area contributed by atoms with Crippen molar-refractivity contribution in [2.24, 2.45) is 10.9 Å². The lowest BCUT2D eigenvalue weighted by Crippen LogP contribution is -2.35. The van der Waals surface area contributed by atoms with E-state index in [0.29, 0.717) is 11.8 Å². The van der Waals surface area contributed by atoms with Crippen LogP contribution in [0.25, 0.3) is 47.0 Å². The van der Waals surface area contributed by atoms with Gasteiger partial charge in [0.2, 0.25) is 0 Å². The lowest BCUT2D eigenvalue weighted by molar-refractivity contribution is 0.238. The molecule has 7 aromatic rings. The third-order valence-electron chi connectivity index (χ3n) is 13.7. The fourth-order valence-corrected chi connectivity index (χ4v) is 13.1. The maximum atomic E-state index is 5.60. The Labute approximate surface area is 372 Å². The van der Waals surface area contributed by atoms with Crippen molar-refractivity contribution in [3.05, 3.63) is 232 Å². The summed E-state index contributed by atoms with van der Waals surface area (Å²) in [4.78, 5) is 9.69. The van der Waals surface area contributed by atoms with Gasteiger partial charge < -0.3 is 4.90 Å². The molecular weight excluding hydrogens is 789 g/mol. The van der Waals surface area contributed by atoms with E-state index in [1.807, 2.05) is 22.7 Å². The second kappa shape index (κ2) is 15.5. The van der Waals surface area contributed by atoms with E-state index in [1.165, 1.54) is 91.0 Å². The van der Waals surface area contributed by atoms with E-state index in [2.05, 4.69) is 200 Å². The van der Waals surface area contributed by atoms with E-state index in [4.69, 9.17) is 4.99 Å². The largest absolute Gasteiger partial charge is 0.370 e. The predicted octanol–water partition coefficient (Wildman–Crippen LogP) is 15.5. The van der Waals surface area contributed by atoms with Crippen molar-refractivity contribution in [1.82, 2.24) is 4.90 Å². The Bertz CT molecular complexity index is 3210. The van der Waals surface area contributed by atoms with Crippen LogP contribution in [-0.4, -0.2) is 23.7 Å². The quantitative estimate of drug-likeness (QED) is 0.163. The highest BCUT2D eigenvalue weighted by atomic mass is 32.1. The van der Waals surface area contributed by atoms with E-state index < -0.39 is 0 Å². The van der Waals surface area contributed by atoms with Crippen molar-refractivity contribution < 1.29 is 0 Å². The summed E-state index contributed by atoms with van der Waals surface area (Å²) < 4.78 is 4.12. The van der Waals surface area contributed by atoms with Crippen LogP contribution in [-0.2, 0) is 0 Å². The first-order valence-corrected chi connectivity index (χ1v) is 23.7. The van der Waals surface area contributed by atoms with Crippen LogP contribution in [0.5, 0.6) is 0 Å². The number of hydrogen-bond donors (Lipinski definition) is 0. The molecule has 4 heteroatoms. The molecule has 2 aliphatic heterocycles. The van der Waals surface area contributed by atoms with Crippen molar-refractivity contribution in [1.29, 1.82) is 0 Å². The zero-order valence-electron chi connectivity index (χ0n) is 34.7. The first-order valence-electron chi connectivity index (χ1n) is 22.1. The smallest absolute Gasteiger partial charge is 0.0904 e. The minimum absolute atomic E-state index is 0.0288. The first-order chi connectivity index (χ1) is 30.6. The molecule has 4 heterocycles. The van der Waals surface area contributed by atoms with Gasteiger partial charge in [-0.15, -0.1) is 22.7 Å². The molecule has 0 saturated heterocycles. The molecule has 5 aliphatic rings. The number of thiophene rings is 2. The molecule has 2 nitrogen and oxygen atoms in total. The molecule has 0 N–H and O–H groups in total. The topological polar surface area (TPSA) is 15.6 Å². The summed E-state index contributed by atoms with van der Waals surface area (Å²) in [6.45, 7) is 0. The van der Waals surface area contributed by atoms with Gasteiger partial charge in [0, 0.05) is 65.5 Å². The van der Waals surface area contributed by atoms with Gasteiger partial charge in [-0.05, 0) is 88.3 Å². The van der Waals surface area contributed by atoms with Crippen LogP contribution < -0.4 is 0 Å². The lowest BCUT2D eigenvalue weighted by Gasteiger charge is -2.43. The van der Waals surface area contributed by atoms with Crippen LogP contribution in [0, 0.1) is 5.92 Å². The predicted molar refractivity (Wildman–Crippen MR) is 267 cm³/mol. The van der Waals surface area contributed by atoms with Gasteiger partial charge in [0.25, 0.3) is 0 Å². The summed E-state index contributed by atoms with van der Waals surface area (Å²) in [7, 11) is 2.35. The van der Waals surface area contributed by atoms with Crippen LogP contribution in [0.2, 0.25) is 0 Å². The van der Waals surface area contributed by atoms with E-state index in [9.17, 15) is 0 Å². The first kappa shape index (κ1) is 37.4. The Morgan fingerprint density at radius 1 is 0.645 bits per heavy atom. The van der Waals surface area contributed by atoms with Crippen molar-refractivity contribution in [2.45, 2.75) is 43.7 Å². The fourth-order valence-electron chi connectivity index (χ4n) is 10.6. The van der Waals surface area contributed by atoms with Crippen LogP contribution in [0.3, 0.4) is 0 Å². The zero-order valence-corrected chi connectivity index (χ0v) is 36.4. The molecule has 0 fully saturated rings. The average molecular weight is 835 g/mol. The minimum atomic E-state index is -0.0288. The van der Waals surface area contributed by atoms with Crippen LogP contribution in [0.1, 0.15) is 64.8 Å². The van der Waals surface area contributed by atoms with Crippen molar-refractivity contribution in [2.75, 3.05) is 7.05 Å². The van der Waals surface area contributed by atoms with Gasteiger partial charge in [-0.3, -0.25) is 4.99 Å². The molecule has 4 unspecified atom stereocenters. The number of allylic oxidation sites excluding steroid dienone is 13. The summed E-state index contributed by atoms with van der Waals surface area (Å²) in [6.07, 6.45) is 27.9. The Morgan fingerprint density at radius 3 is 2.18 bits per heavy atom. The third-order valence-corrected chi connectivity index (χ3v) is 16.2. The van der Waals surface area contributed by atoms with Gasteiger partial charge in [0.1, 0.15) is 0 Å². The molecule has 5 aromatic carbocycles. The van der Waals surface area contributed by atoms with Crippen molar-refractivity contribution in [3.8, 4) is 0 Å². The highest BCUT2D eigenvalue weighted by Crippen LogP contribution is 2.54. The van der Waals surface area contributed by atoms with Crippen LogP contribution in [0.4, 0.5) is 0 Å². The van der Waals surface area contributed by atoms with Gasteiger partial charge in [0.15, 0.2) is 0 Å². The molecule has 0 amide bonds. The summed E-state index contributed by atoms with van der Waals surface area (Å²) in [5.74, 6) is 0.698. The molecule has 0 radical (unpaired) electrons. The van der Waals surface area contributed by atoms with Crippen molar-refractivity contribution in [3.63, 3.8) is 0 Å².